The van der Waals surface area contributed by atoms with Crippen molar-refractivity contribution in [1.82, 2.24) is 9.55 Å². The minimum Gasteiger partial charge on any atom is -0.396 e. The first-order valence-corrected chi connectivity index (χ1v) is 9.42. The molecule has 0 spiro atoms. The Morgan fingerprint density at radius 1 is 1.22 bits per heavy atom. The van der Waals surface area contributed by atoms with Crippen LogP contribution in [0.15, 0.2) is 51.7 Å². The number of fused-ring (bicyclic) bond motifs is 1. The number of thiophene rings is 1. The maximum atomic E-state index is 12.7. The van der Waals surface area contributed by atoms with Crippen LogP contribution in [0.3, 0.4) is 0 Å². The van der Waals surface area contributed by atoms with E-state index in [1.54, 1.807) is 33.7 Å². The minimum atomic E-state index is -0.0253. The van der Waals surface area contributed by atoms with E-state index in [1.165, 1.54) is 4.88 Å². The highest BCUT2D eigenvalue weighted by Crippen LogP contribution is 2.20. The van der Waals surface area contributed by atoms with Crippen LogP contribution in [-0.2, 0) is 13.0 Å². The highest BCUT2D eigenvalue weighted by Gasteiger charge is 2.11. The first kappa shape index (κ1) is 16.2. The number of thioether (sulfide) groups is 1. The fourth-order valence-electron chi connectivity index (χ4n) is 2.38. The van der Waals surface area contributed by atoms with Gasteiger partial charge in [0.15, 0.2) is 5.16 Å². The zero-order valence-corrected chi connectivity index (χ0v) is 14.3. The molecule has 0 bridgehead atoms. The molecule has 0 aliphatic heterocycles. The van der Waals surface area contributed by atoms with Crippen LogP contribution in [0.2, 0.25) is 0 Å². The van der Waals surface area contributed by atoms with Crippen molar-refractivity contribution in [2.24, 2.45) is 0 Å². The number of benzene rings is 1. The third kappa shape index (κ3) is 3.83. The molecule has 0 saturated carbocycles. The lowest BCUT2D eigenvalue weighted by Gasteiger charge is -2.12. The molecule has 0 fully saturated rings. The van der Waals surface area contributed by atoms with Gasteiger partial charge in [-0.15, -0.1) is 11.3 Å². The molecular formula is C17H18N2O2S2. The monoisotopic (exact) mass is 346 g/mol. The van der Waals surface area contributed by atoms with E-state index in [0.29, 0.717) is 18.4 Å². The Balaban J connectivity index is 1.88. The summed E-state index contributed by atoms with van der Waals surface area (Å²) in [5, 5.41) is 12.5. The number of para-hydroxylation sites is 1. The molecule has 3 rings (SSSR count). The predicted octanol–water partition coefficient (Wildman–Crippen LogP) is 3.18. The standard InChI is InChI=1S/C17H18N2O2S2/c20-10-4-9-19-16(21)14-6-1-2-7-15(14)18-17(19)23-12-8-13-5-3-11-22-13/h1-3,5-7,11,20H,4,8-10,12H2. The molecule has 0 radical (unpaired) electrons. The number of aromatic nitrogens is 2. The third-order valence-electron chi connectivity index (χ3n) is 3.53. The van der Waals surface area contributed by atoms with E-state index in [-0.39, 0.29) is 12.2 Å². The molecule has 0 saturated heterocycles. The zero-order chi connectivity index (χ0) is 16.1. The van der Waals surface area contributed by atoms with Gasteiger partial charge in [-0.25, -0.2) is 4.98 Å². The van der Waals surface area contributed by atoms with Gasteiger partial charge in [0.2, 0.25) is 0 Å². The lowest BCUT2D eigenvalue weighted by molar-refractivity contribution is 0.276. The van der Waals surface area contributed by atoms with E-state index in [0.717, 1.165) is 22.8 Å². The van der Waals surface area contributed by atoms with E-state index < -0.39 is 0 Å². The molecule has 0 unspecified atom stereocenters. The largest absolute Gasteiger partial charge is 0.396 e. The van der Waals surface area contributed by atoms with Gasteiger partial charge in [-0.2, -0.15) is 0 Å². The molecule has 0 atom stereocenters. The molecule has 2 heterocycles. The van der Waals surface area contributed by atoms with Crippen molar-refractivity contribution in [2.75, 3.05) is 12.4 Å². The molecule has 6 heteroatoms. The van der Waals surface area contributed by atoms with Crippen molar-refractivity contribution in [3.63, 3.8) is 0 Å². The summed E-state index contributed by atoms with van der Waals surface area (Å²) in [7, 11) is 0. The first-order valence-electron chi connectivity index (χ1n) is 7.55. The van der Waals surface area contributed by atoms with Crippen molar-refractivity contribution in [3.05, 3.63) is 57.0 Å². The van der Waals surface area contributed by atoms with Gasteiger partial charge in [-0.1, -0.05) is 30.0 Å². The number of aryl methyl sites for hydroxylation is 1. The van der Waals surface area contributed by atoms with Crippen LogP contribution < -0.4 is 5.56 Å². The Morgan fingerprint density at radius 3 is 2.87 bits per heavy atom. The average molecular weight is 346 g/mol. The van der Waals surface area contributed by atoms with Crippen LogP contribution in [0.5, 0.6) is 0 Å². The Morgan fingerprint density at radius 2 is 2.09 bits per heavy atom. The third-order valence-corrected chi connectivity index (χ3v) is 5.44. The maximum Gasteiger partial charge on any atom is 0.262 e. The van der Waals surface area contributed by atoms with Gasteiger partial charge in [0.05, 0.1) is 10.9 Å². The van der Waals surface area contributed by atoms with Gasteiger partial charge in [0, 0.05) is 23.8 Å². The Labute approximate surface area is 142 Å². The number of aliphatic hydroxyl groups is 1. The van der Waals surface area contributed by atoms with Crippen molar-refractivity contribution in [1.29, 1.82) is 0 Å². The molecule has 0 aliphatic carbocycles. The second-order valence-electron chi connectivity index (χ2n) is 5.12. The number of hydrogen-bond acceptors (Lipinski definition) is 5. The van der Waals surface area contributed by atoms with E-state index in [2.05, 4.69) is 22.5 Å². The smallest absolute Gasteiger partial charge is 0.262 e. The van der Waals surface area contributed by atoms with Gasteiger partial charge in [-0.3, -0.25) is 9.36 Å². The Hall–Kier alpha value is -1.63. The first-order chi connectivity index (χ1) is 11.3. The minimum absolute atomic E-state index is 0.0253. The molecule has 3 aromatic rings. The highest BCUT2D eigenvalue weighted by atomic mass is 32.2. The van der Waals surface area contributed by atoms with Crippen LogP contribution >= 0.6 is 23.1 Å². The van der Waals surface area contributed by atoms with Crippen LogP contribution in [0.1, 0.15) is 11.3 Å². The van der Waals surface area contributed by atoms with Gasteiger partial charge >= 0.3 is 0 Å². The molecule has 0 aliphatic rings. The van der Waals surface area contributed by atoms with E-state index >= 15 is 0 Å². The second-order valence-corrected chi connectivity index (χ2v) is 7.22. The van der Waals surface area contributed by atoms with Crippen molar-refractivity contribution in [3.8, 4) is 0 Å². The van der Waals surface area contributed by atoms with Crippen LogP contribution in [0.4, 0.5) is 0 Å². The van der Waals surface area contributed by atoms with E-state index in [4.69, 9.17) is 5.11 Å². The van der Waals surface area contributed by atoms with Crippen LogP contribution in [-0.4, -0.2) is 27.0 Å². The van der Waals surface area contributed by atoms with Gasteiger partial charge in [0.25, 0.3) is 5.56 Å². The fourth-order valence-corrected chi connectivity index (χ4v) is 4.22. The number of hydrogen-bond donors (Lipinski definition) is 1. The summed E-state index contributed by atoms with van der Waals surface area (Å²) >= 11 is 3.35. The summed E-state index contributed by atoms with van der Waals surface area (Å²) in [6, 6.07) is 11.6. The van der Waals surface area contributed by atoms with Crippen LogP contribution in [0.25, 0.3) is 10.9 Å². The van der Waals surface area contributed by atoms with E-state index in [9.17, 15) is 4.79 Å². The van der Waals surface area contributed by atoms with Gasteiger partial charge in [0.1, 0.15) is 0 Å². The molecule has 23 heavy (non-hydrogen) atoms. The SMILES string of the molecule is O=c1c2ccccc2nc(SCCc2cccs2)n1CCCO. The lowest BCUT2D eigenvalue weighted by atomic mass is 10.2. The Bertz CT molecular complexity index is 828. The number of rotatable bonds is 7. The lowest BCUT2D eigenvalue weighted by Crippen LogP contribution is -2.24. The molecule has 0 amide bonds. The van der Waals surface area contributed by atoms with E-state index in [1.807, 2.05) is 18.2 Å². The summed E-state index contributed by atoms with van der Waals surface area (Å²) in [6.07, 6.45) is 1.52. The summed E-state index contributed by atoms with van der Waals surface area (Å²) in [5.41, 5.74) is 0.707. The average Bonchev–Trinajstić information content (AvgIpc) is 3.08. The summed E-state index contributed by atoms with van der Waals surface area (Å²) in [5.74, 6) is 0.879. The number of nitrogens with zero attached hydrogens (tertiary/aromatic N) is 2. The van der Waals surface area contributed by atoms with Crippen molar-refractivity contribution in [2.45, 2.75) is 24.5 Å². The maximum absolute atomic E-state index is 12.7. The number of aliphatic hydroxyl groups excluding tert-OH is 1. The Kier molecular flexibility index (Phi) is 5.48. The summed E-state index contributed by atoms with van der Waals surface area (Å²) in [6.45, 7) is 0.563. The summed E-state index contributed by atoms with van der Waals surface area (Å²) < 4.78 is 1.69. The quantitative estimate of drug-likeness (QED) is 0.527. The fraction of sp³-hybridized carbons (Fsp3) is 0.294. The normalized spacial score (nSPS) is 11.2. The van der Waals surface area contributed by atoms with Gasteiger partial charge < -0.3 is 5.11 Å². The second kappa shape index (κ2) is 7.77. The molecule has 1 N–H and O–H groups in total. The summed E-state index contributed by atoms with van der Waals surface area (Å²) in [4.78, 5) is 18.7. The van der Waals surface area contributed by atoms with Crippen molar-refractivity contribution < 1.29 is 5.11 Å². The molecule has 1 aromatic carbocycles. The van der Waals surface area contributed by atoms with Crippen molar-refractivity contribution >= 4 is 34.0 Å². The molecular weight excluding hydrogens is 328 g/mol. The topological polar surface area (TPSA) is 55.1 Å². The molecule has 2 aromatic heterocycles. The zero-order valence-electron chi connectivity index (χ0n) is 12.6. The molecule has 4 nitrogen and oxygen atoms in total. The molecule has 120 valence electrons. The predicted molar refractivity (Wildman–Crippen MR) is 96.5 cm³/mol. The highest BCUT2D eigenvalue weighted by molar-refractivity contribution is 7.99. The van der Waals surface area contributed by atoms with Crippen LogP contribution in [0, 0.1) is 0 Å². The van der Waals surface area contributed by atoms with Gasteiger partial charge in [-0.05, 0) is 36.4 Å².